The second-order valence-corrected chi connectivity index (χ2v) is 2.25. The Balaban J connectivity index is 2.51. The highest BCUT2D eigenvalue weighted by molar-refractivity contribution is 5.35. The van der Waals surface area contributed by atoms with Crippen molar-refractivity contribution in [3.8, 4) is 5.82 Å². The SMILES string of the molecule is Nc1ccnn1-c1cccnn1. The summed E-state index contributed by atoms with van der Waals surface area (Å²) in [5, 5.41) is 11.5. The van der Waals surface area contributed by atoms with Crippen LogP contribution in [0.1, 0.15) is 0 Å². The first-order valence-corrected chi connectivity index (χ1v) is 3.45. The van der Waals surface area contributed by atoms with Crippen molar-refractivity contribution in [3.63, 3.8) is 0 Å². The molecule has 0 radical (unpaired) electrons. The third-order valence-corrected chi connectivity index (χ3v) is 1.45. The second kappa shape index (κ2) is 2.61. The number of nitrogen functional groups attached to an aromatic ring is 1. The van der Waals surface area contributed by atoms with Crippen LogP contribution in [0.25, 0.3) is 5.82 Å². The standard InChI is InChI=1S/C7H7N5/c8-6-3-5-10-12(6)7-2-1-4-9-11-7/h1-5H,8H2. The Bertz CT molecular complexity index is 366. The van der Waals surface area contributed by atoms with Crippen LogP contribution in [0, 0.1) is 0 Å². The molecule has 2 N–H and O–H groups in total. The van der Waals surface area contributed by atoms with Crippen LogP contribution >= 0.6 is 0 Å². The lowest BCUT2D eigenvalue weighted by Crippen LogP contribution is -2.03. The van der Waals surface area contributed by atoms with E-state index in [0.29, 0.717) is 11.6 Å². The molecule has 0 spiro atoms. The van der Waals surface area contributed by atoms with Crippen LogP contribution in [0.2, 0.25) is 0 Å². The molecule has 2 aromatic rings. The first-order valence-electron chi connectivity index (χ1n) is 3.45. The van der Waals surface area contributed by atoms with Crippen LogP contribution < -0.4 is 5.73 Å². The fourth-order valence-electron chi connectivity index (χ4n) is 0.911. The number of anilines is 1. The molecule has 2 heterocycles. The van der Waals surface area contributed by atoms with Crippen LogP contribution in [0.15, 0.2) is 30.6 Å². The molecule has 60 valence electrons. The van der Waals surface area contributed by atoms with Gasteiger partial charge in [-0.15, -0.1) is 5.10 Å². The number of hydrogen-bond acceptors (Lipinski definition) is 4. The molecule has 2 aromatic heterocycles. The zero-order valence-corrected chi connectivity index (χ0v) is 6.25. The Hall–Kier alpha value is -1.91. The fraction of sp³-hybridized carbons (Fsp3) is 0. The molecular formula is C7H7N5. The molecule has 0 amide bonds. The number of nitrogens with zero attached hydrogens (tertiary/aromatic N) is 4. The summed E-state index contributed by atoms with van der Waals surface area (Å²) in [6, 6.07) is 5.27. The van der Waals surface area contributed by atoms with Gasteiger partial charge in [-0.1, -0.05) is 0 Å². The van der Waals surface area contributed by atoms with Crippen LogP contribution in [-0.4, -0.2) is 20.0 Å². The molecule has 0 aliphatic heterocycles. The van der Waals surface area contributed by atoms with Crippen molar-refractivity contribution in [1.82, 2.24) is 20.0 Å². The van der Waals surface area contributed by atoms with E-state index in [1.54, 1.807) is 30.6 Å². The lowest BCUT2D eigenvalue weighted by molar-refractivity contribution is 0.823. The maximum absolute atomic E-state index is 5.61. The lowest BCUT2D eigenvalue weighted by atomic mass is 10.5. The first-order chi connectivity index (χ1) is 5.88. The van der Waals surface area contributed by atoms with Crippen LogP contribution in [-0.2, 0) is 0 Å². The summed E-state index contributed by atoms with van der Waals surface area (Å²) in [5.74, 6) is 1.18. The van der Waals surface area contributed by atoms with Crippen LogP contribution in [0.4, 0.5) is 5.82 Å². The molecule has 0 unspecified atom stereocenters. The Morgan fingerprint density at radius 2 is 2.17 bits per heavy atom. The van der Waals surface area contributed by atoms with E-state index in [1.165, 1.54) is 4.68 Å². The van der Waals surface area contributed by atoms with Gasteiger partial charge >= 0.3 is 0 Å². The molecule has 5 heteroatoms. The van der Waals surface area contributed by atoms with Gasteiger partial charge in [0.25, 0.3) is 0 Å². The first kappa shape index (κ1) is 6.78. The normalized spacial score (nSPS) is 10.0. The van der Waals surface area contributed by atoms with E-state index in [0.717, 1.165) is 0 Å². The highest BCUT2D eigenvalue weighted by Gasteiger charge is 2.00. The molecule has 5 nitrogen and oxygen atoms in total. The van der Waals surface area contributed by atoms with Crippen molar-refractivity contribution in [3.05, 3.63) is 30.6 Å². The van der Waals surface area contributed by atoms with Gasteiger partial charge < -0.3 is 5.73 Å². The summed E-state index contributed by atoms with van der Waals surface area (Å²) >= 11 is 0. The summed E-state index contributed by atoms with van der Waals surface area (Å²) in [6.07, 6.45) is 3.22. The maximum atomic E-state index is 5.61. The minimum absolute atomic E-state index is 0.551. The summed E-state index contributed by atoms with van der Waals surface area (Å²) in [5.41, 5.74) is 5.61. The van der Waals surface area contributed by atoms with Crippen LogP contribution in [0.3, 0.4) is 0 Å². The van der Waals surface area contributed by atoms with Crippen molar-refractivity contribution in [1.29, 1.82) is 0 Å². The van der Waals surface area contributed by atoms with E-state index in [1.807, 2.05) is 0 Å². The van der Waals surface area contributed by atoms with Crippen molar-refractivity contribution in [2.24, 2.45) is 0 Å². The van der Waals surface area contributed by atoms with Crippen LogP contribution in [0.5, 0.6) is 0 Å². The monoisotopic (exact) mass is 161 g/mol. The molecule has 2 rings (SSSR count). The smallest absolute Gasteiger partial charge is 0.177 e. The topological polar surface area (TPSA) is 69.6 Å². The predicted molar refractivity (Wildman–Crippen MR) is 43.6 cm³/mol. The van der Waals surface area contributed by atoms with E-state index in [9.17, 15) is 0 Å². The van der Waals surface area contributed by atoms with Crippen molar-refractivity contribution < 1.29 is 0 Å². The highest BCUT2D eigenvalue weighted by Crippen LogP contribution is 2.06. The average molecular weight is 161 g/mol. The number of hydrogen-bond donors (Lipinski definition) is 1. The highest BCUT2D eigenvalue weighted by atomic mass is 15.4. The molecule has 0 atom stereocenters. The average Bonchev–Trinajstić information content (AvgIpc) is 2.53. The second-order valence-electron chi connectivity index (χ2n) is 2.25. The Labute approximate surface area is 68.8 Å². The third-order valence-electron chi connectivity index (χ3n) is 1.45. The zero-order chi connectivity index (χ0) is 8.39. The summed E-state index contributed by atoms with van der Waals surface area (Å²) < 4.78 is 1.52. The molecule has 0 aliphatic carbocycles. The van der Waals surface area contributed by atoms with Gasteiger partial charge in [-0.25, -0.2) is 0 Å². The minimum atomic E-state index is 0.551. The van der Waals surface area contributed by atoms with E-state index in [-0.39, 0.29) is 0 Å². The predicted octanol–water partition coefficient (Wildman–Crippen LogP) is 0.244. The molecule has 0 saturated heterocycles. The Kier molecular flexibility index (Phi) is 1.48. The van der Waals surface area contributed by atoms with E-state index in [4.69, 9.17) is 5.73 Å². The Morgan fingerprint density at radius 3 is 2.75 bits per heavy atom. The van der Waals surface area contributed by atoms with Gasteiger partial charge in [0.2, 0.25) is 0 Å². The Morgan fingerprint density at radius 1 is 1.25 bits per heavy atom. The van der Waals surface area contributed by atoms with Gasteiger partial charge in [0.15, 0.2) is 5.82 Å². The van der Waals surface area contributed by atoms with Gasteiger partial charge in [-0.2, -0.15) is 14.9 Å². The molecule has 0 bridgehead atoms. The van der Waals surface area contributed by atoms with E-state index < -0.39 is 0 Å². The van der Waals surface area contributed by atoms with Crippen molar-refractivity contribution in [2.45, 2.75) is 0 Å². The van der Waals surface area contributed by atoms with Gasteiger partial charge in [0, 0.05) is 12.3 Å². The number of aromatic nitrogens is 4. The maximum Gasteiger partial charge on any atom is 0.177 e. The van der Waals surface area contributed by atoms with Gasteiger partial charge in [0.1, 0.15) is 5.82 Å². The van der Waals surface area contributed by atoms with Gasteiger partial charge in [0.05, 0.1) is 6.20 Å². The quantitative estimate of drug-likeness (QED) is 0.650. The zero-order valence-electron chi connectivity index (χ0n) is 6.25. The molecule has 12 heavy (non-hydrogen) atoms. The fourth-order valence-corrected chi connectivity index (χ4v) is 0.911. The molecule has 0 aromatic carbocycles. The number of nitrogens with two attached hydrogens (primary N) is 1. The minimum Gasteiger partial charge on any atom is -0.384 e. The number of rotatable bonds is 1. The summed E-state index contributed by atoms with van der Waals surface area (Å²) in [4.78, 5) is 0. The third kappa shape index (κ3) is 1.01. The van der Waals surface area contributed by atoms with Crippen molar-refractivity contribution >= 4 is 5.82 Å². The largest absolute Gasteiger partial charge is 0.384 e. The van der Waals surface area contributed by atoms with Gasteiger partial charge in [-0.3, -0.25) is 0 Å². The van der Waals surface area contributed by atoms with Gasteiger partial charge in [-0.05, 0) is 12.1 Å². The molecular weight excluding hydrogens is 154 g/mol. The molecule has 0 aliphatic rings. The summed E-state index contributed by atoms with van der Waals surface area (Å²) in [7, 11) is 0. The lowest BCUT2D eigenvalue weighted by Gasteiger charge is -1.99. The van der Waals surface area contributed by atoms with E-state index >= 15 is 0 Å². The van der Waals surface area contributed by atoms with Crippen molar-refractivity contribution in [2.75, 3.05) is 5.73 Å². The summed E-state index contributed by atoms with van der Waals surface area (Å²) in [6.45, 7) is 0. The van der Waals surface area contributed by atoms with E-state index in [2.05, 4.69) is 15.3 Å². The molecule has 0 fully saturated rings. The molecule has 0 saturated carbocycles.